The summed E-state index contributed by atoms with van der Waals surface area (Å²) in [6.07, 6.45) is 4.49. The van der Waals surface area contributed by atoms with E-state index in [0.29, 0.717) is 23.4 Å². The monoisotopic (exact) mass is 389 g/mol. The largest absolute Gasteiger partial charge is 0.550 e. The summed E-state index contributed by atoms with van der Waals surface area (Å²) in [4.78, 5) is 36.6. The Bertz CT molecular complexity index is 999. The number of benzene rings is 2. The van der Waals surface area contributed by atoms with Crippen LogP contribution >= 0.6 is 0 Å². The summed E-state index contributed by atoms with van der Waals surface area (Å²) < 4.78 is 0. The van der Waals surface area contributed by atoms with Crippen molar-refractivity contribution >= 4 is 29.2 Å². The van der Waals surface area contributed by atoms with Gasteiger partial charge >= 0.3 is 0 Å². The van der Waals surface area contributed by atoms with E-state index in [0.717, 1.165) is 5.56 Å². The maximum atomic E-state index is 12.8. The van der Waals surface area contributed by atoms with Crippen molar-refractivity contribution in [3.05, 3.63) is 71.8 Å². The molecule has 2 aromatic carbocycles. The fourth-order valence-electron chi connectivity index (χ4n) is 4.39. The molecule has 4 rings (SSSR count). The number of anilines is 2. The first-order valence-corrected chi connectivity index (χ1v) is 9.61. The normalized spacial score (nSPS) is 24.3. The van der Waals surface area contributed by atoms with Gasteiger partial charge in [-0.3, -0.25) is 9.59 Å². The number of hydrogen-bond acceptors (Lipinski definition) is 4. The van der Waals surface area contributed by atoms with Gasteiger partial charge in [0, 0.05) is 28.8 Å². The molecule has 6 heteroatoms. The minimum atomic E-state index is -1.17. The second kappa shape index (κ2) is 7.54. The zero-order valence-electron chi connectivity index (χ0n) is 15.9. The number of carbonyl (C=O) groups excluding carboxylic acids is 3. The molecule has 2 amide bonds. The lowest BCUT2D eigenvalue weighted by atomic mass is 9.82. The number of fused-ring (bicyclic) bond motifs is 2. The van der Waals surface area contributed by atoms with E-state index in [1.54, 1.807) is 42.5 Å². The highest BCUT2D eigenvalue weighted by Crippen LogP contribution is 2.48. The number of aryl methyl sites for hydroxylation is 1. The van der Waals surface area contributed by atoms with Crippen LogP contribution in [0.1, 0.15) is 22.3 Å². The molecule has 0 saturated heterocycles. The van der Waals surface area contributed by atoms with Crippen LogP contribution in [-0.4, -0.2) is 17.8 Å². The zero-order valence-corrected chi connectivity index (χ0v) is 15.9. The van der Waals surface area contributed by atoms with Crippen LogP contribution < -0.4 is 15.7 Å². The maximum absolute atomic E-state index is 12.8. The highest BCUT2D eigenvalue weighted by molar-refractivity contribution is 6.05. The highest BCUT2D eigenvalue weighted by atomic mass is 16.4. The number of carboxylic acids is 1. The fourth-order valence-corrected chi connectivity index (χ4v) is 4.39. The topological polar surface area (TPSA) is 98.3 Å². The van der Waals surface area contributed by atoms with E-state index in [1.807, 2.05) is 25.1 Å². The average Bonchev–Trinajstić information content (AvgIpc) is 3.32. The lowest BCUT2D eigenvalue weighted by molar-refractivity contribution is -0.313. The molecule has 4 atom stereocenters. The van der Waals surface area contributed by atoms with Crippen LogP contribution in [0.5, 0.6) is 0 Å². The zero-order chi connectivity index (χ0) is 20.5. The Kier molecular flexibility index (Phi) is 4.92. The first-order valence-electron chi connectivity index (χ1n) is 9.61. The van der Waals surface area contributed by atoms with Gasteiger partial charge in [-0.15, -0.1) is 0 Å². The first kappa shape index (κ1) is 18.9. The van der Waals surface area contributed by atoms with E-state index < -0.39 is 17.8 Å². The van der Waals surface area contributed by atoms with E-state index in [2.05, 4.69) is 10.6 Å². The summed E-state index contributed by atoms with van der Waals surface area (Å²) in [7, 11) is 0. The summed E-state index contributed by atoms with van der Waals surface area (Å²) in [6, 6.07) is 14.1. The Labute approximate surface area is 168 Å². The van der Waals surface area contributed by atoms with Crippen LogP contribution in [0.15, 0.2) is 60.7 Å². The minimum absolute atomic E-state index is 0.0616. The molecule has 2 bridgehead atoms. The van der Waals surface area contributed by atoms with Gasteiger partial charge in [0.1, 0.15) is 0 Å². The second-order valence-electron chi connectivity index (χ2n) is 7.66. The summed E-state index contributed by atoms with van der Waals surface area (Å²) in [5, 5.41) is 17.2. The lowest BCUT2D eigenvalue weighted by Gasteiger charge is -2.27. The molecule has 0 spiro atoms. The van der Waals surface area contributed by atoms with E-state index in [-0.39, 0.29) is 23.7 Å². The van der Waals surface area contributed by atoms with Crippen molar-refractivity contribution in [3.8, 4) is 0 Å². The van der Waals surface area contributed by atoms with E-state index in [4.69, 9.17) is 0 Å². The standard InChI is InChI=1S/C23H22N2O4/c1-13-11-17(9-10-18(13)25-21(26)14-5-3-2-4-6-14)24-22(27)19-15-7-8-16(12-15)20(19)23(28)29/h2-11,15-16,19-20H,12H2,1H3,(H,24,27)(H,25,26)(H,28,29)/p-1/t15-,16-,19-,20-/m0/s1. The molecule has 0 aliphatic heterocycles. The lowest BCUT2D eigenvalue weighted by Crippen LogP contribution is -2.42. The van der Waals surface area contributed by atoms with Crippen molar-refractivity contribution in [2.75, 3.05) is 10.6 Å². The number of carboxylic acid groups (broad SMARTS) is 1. The molecule has 0 unspecified atom stereocenters. The van der Waals surface area contributed by atoms with E-state index >= 15 is 0 Å². The number of carbonyl (C=O) groups is 3. The van der Waals surface area contributed by atoms with Crippen molar-refractivity contribution in [1.82, 2.24) is 0 Å². The summed E-state index contributed by atoms with van der Waals surface area (Å²) in [6.45, 7) is 1.83. The third kappa shape index (κ3) is 3.66. The van der Waals surface area contributed by atoms with Crippen molar-refractivity contribution in [3.63, 3.8) is 0 Å². The molecular formula is C23H21N2O4-. The molecule has 29 heavy (non-hydrogen) atoms. The molecule has 2 aliphatic carbocycles. The summed E-state index contributed by atoms with van der Waals surface area (Å²) in [5.41, 5.74) is 2.56. The number of nitrogens with one attached hydrogen (secondary N) is 2. The van der Waals surface area contributed by atoms with Gasteiger partial charge in [0.25, 0.3) is 5.91 Å². The molecule has 2 N–H and O–H groups in total. The summed E-state index contributed by atoms with van der Waals surface area (Å²) in [5.74, 6) is -3.28. The van der Waals surface area contributed by atoms with Crippen LogP contribution in [0.2, 0.25) is 0 Å². The molecule has 1 fully saturated rings. The first-order chi connectivity index (χ1) is 13.9. The number of aliphatic carboxylic acids is 1. The van der Waals surface area contributed by atoms with Gasteiger partial charge in [0.05, 0.1) is 5.92 Å². The quantitative estimate of drug-likeness (QED) is 0.767. The smallest absolute Gasteiger partial charge is 0.255 e. The van der Waals surface area contributed by atoms with E-state index in [1.165, 1.54) is 0 Å². The van der Waals surface area contributed by atoms with Crippen molar-refractivity contribution in [2.24, 2.45) is 23.7 Å². The molecule has 0 heterocycles. The third-order valence-electron chi connectivity index (χ3n) is 5.81. The van der Waals surface area contributed by atoms with Crippen LogP contribution in [0.25, 0.3) is 0 Å². The summed E-state index contributed by atoms with van der Waals surface area (Å²) >= 11 is 0. The van der Waals surface area contributed by atoms with Crippen LogP contribution in [0, 0.1) is 30.6 Å². The predicted molar refractivity (Wildman–Crippen MR) is 107 cm³/mol. The van der Waals surface area contributed by atoms with Gasteiger partial charge in [-0.05, 0) is 61.1 Å². The molecule has 0 radical (unpaired) electrons. The molecular weight excluding hydrogens is 368 g/mol. The SMILES string of the molecule is Cc1cc(NC(=O)[C@@H]2[C@@H](C(=O)[O-])[C@H]3C=C[C@H]2C3)ccc1NC(=O)c1ccccc1. The minimum Gasteiger partial charge on any atom is -0.550 e. The van der Waals surface area contributed by atoms with Crippen molar-refractivity contribution in [2.45, 2.75) is 13.3 Å². The van der Waals surface area contributed by atoms with Gasteiger partial charge in [0.15, 0.2) is 0 Å². The molecule has 2 aliphatic rings. The van der Waals surface area contributed by atoms with Gasteiger partial charge < -0.3 is 20.5 Å². The Hall–Kier alpha value is -3.41. The molecule has 6 nitrogen and oxygen atoms in total. The maximum Gasteiger partial charge on any atom is 0.255 e. The molecule has 0 aromatic heterocycles. The van der Waals surface area contributed by atoms with Crippen molar-refractivity contribution < 1.29 is 19.5 Å². The van der Waals surface area contributed by atoms with Crippen molar-refractivity contribution in [1.29, 1.82) is 0 Å². The Morgan fingerprint density at radius 3 is 2.28 bits per heavy atom. The van der Waals surface area contributed by atoms with Crippen LogP contribution in [-0.2, 0) is 9.59 Å². The molecule has 148 valence electrons. The molecule has 2 aromatic rings. The molecule has 1 saturated carbocycles. The second-order valence-corrected chi connectivity index (χ2v) is 7.66. The number of allylic oxidation sites excluding steroid dienone is 2. The fraction of sp³-hybridized carbons (Fsp3) is 0.261. The highest BCUT2D eigenvalue weighted by Gasteiger charge is 2.48. The van der Waals surface area contributed by atoms with Crippen LogP contribution in [0.3, 0.4) is 0 Å². The van der Waals surface area contributed by atoms with Gasteiger partial charge in [-0.25, -0.2) is 0 Å². The number of amides is 2. The number of hydrogen-bond donors (Lipinski definition) is 2. The van der Waals surface area contributed by atoms with Gasteiger partial charge in [-0.1, -0.05) is 30.4 Å². The number of rotatable bonds is 5. The average molecular weight is 389 g/mol. The van der Waals surface area contributed by atoms with Gasteiger partial charge in [0.2, 0.25) is 5.91 Å². The Morgan fingerprint density at radius 1 is 0.931 bits per heavy atom. The Balaban J connectivity index is 1.46. The van der Waals surface area contributed by atoms with Crippen LogP contribution in [0.4, 0.5) is 11.4 Å². The van der Waals surface area contributed by atoms with E-state index in [9.17, 15) is 19.5 Å². The Morgan fingerprint density at radius 2 is 1.62 bits per heavy atom. The third-order valence-corrected chi connectivity index (χ3v) is 5.81. The van der Waals surface area contributed by atoms with Gasteiger partial charge in [-0.2, -0.15) is 0 Å². The predicted octanol–water partition coefficient (Wildman–Crippen LogP) is 2.37.